The number of rotatable bonds is 5. The molecule has 0 saturated carbocycles. The number of nitro groups is 2. The molecule has 1 fully saturated rings. The van der Waals surface area contributed by atoms with E-state index >= 15 is 0 Å². The first kappa shape index (κ1) is 18.3. The number of aromatic nitrogens is 2. The number of esters is 1. The van der Waals surface area contributed by atoms with Crippen molar-refractivity contribution in [1.29, 1.82) is 0 Å². The molecule has 1 aromatic carbocycles. The van der Waals surface area contributed by atoms with Gasteiger partial charge in [-0.3, -0.25) is 24.9 Å². The Morgan fingerprint density at radius 2 is 1.93 bits per heavy atom. The van der Waals surface area contributed by atoms with Gasteiger partial charge in [0.2, 0.25) is 0 Å². The second-order valence-electron chi connectivity index (χ2n) is 6.07. The van der Waals surface area contributed by atoms with Gasteiger partial charge in [-0.1, -0.05) is 0 Å². The first-order chi connectivity index (χ1) is 12.9. The molecule has 2 heterocycles. The summed E-state index contributed by atoms with van der Waals surface area (Å²) in [5, 5.41) is 26.9. The molecule has 11 nitrogen and oxygen atoms in total. The Bertz CT molecular complexity index is 874. The van der Waals surface area contributed by atoms with E-state index in [0.29, 0.717) is 25.9 Å². The minimum atomic E-state index is -0.856. The topological polar surface area (TPSA) is 134 Å². The van der Waals surface area contributed by atoms with Gasteiger partial charge >= 0.3 is 5.97 Å². The smallest absolute Gasteiger partial charge is 0.340 e. The van der Waals surface area contributed by atoms with Crippen LogP contribution in [0, 0.1) is 20.2 Å². The highest BCUT2D eigenvalue weighted by Gasteiger charge is 2.33. The number of nitro benzene ring substituents is 2. The molecule has 0 atom stereocenters. The Labute approximate surface area is 153 Å². The molecular formula is C16H17N5O6. The molecule has 1 aliphatic rings. The normalized spacial score (nSPS) is 14.8. The molecule has 0 aliphatic carbocycles. The lowest BCUT2D eigenvalue weighted by Gasteiger charge is -2.34. The lowest BCUT2D eigenvalue weighted by atomic mass is 10.0. The van der Waals surface area contributed by atoms with Gasteiger partial charge in [0.15, 0.2) is 0 Å². The van der Waals surface area contributed by atoms with Crippen LogP contribution in [-0.4, -0.2) is 45.8 Å². The van der Waals surface area contributed by atoms with E-state index in [-0.39, 0.29) is 17.3 Å². The highest BCUT2D eigenvalue weighted by atomic mass is 16.6. The van der Waals surface area contributed by atoms with E-state index in [1.807, 2.05) is 16.9 Å². The number of ether oxygens (including phenoxy) is 1. The number of carbonyl (C=O) groups excluding carboxylic acids is 1. The van der Waals surface area contributed by atoms with Crippen molar-refractivity contribution in [3.63, 3.8) is 0 Å². The van der Waals surface area contributed by atoms with Gasteiger partial charge in [0.1, 0.15) is 5.69 Å². The molecule has 11 heteroatoms. The van der Waals surface area contributed by atoms with Crippen molar-refractivity contribution in [3.05, 3.63) is 56.4 Å². The van der Waals surface area contributed by atoms with Crippen LogP contribution in [0.25, 0.3) is 0 Å². The van der Waals surface area contributed by atoms with E-state index < -0.39 is 27.2 Å². The molecule has 1 aliphatic heterocycles. The zero-order valence-electron chi connectivity index (χ0n) is 14.5. The summed E-state index contributed by atoms with van der Waals surface area (Å²) in [5.74, 6) is -0.856. The summed E-state index contributed by atoms with van der Waals surface area (Å²) in [7, 11) is 1.13. The van der Waals surface area contributed by atoms with E-state index in [2.05, 4.69) is 5.10 Å². The predicted molar refractivity (Wildman–Crippen MR) is 93.8 cm³/mol. The van der Waals surface area contributed by atoms with Crippen molar-refractivity contribution in [1.82, 2.24) is 9.78 Å². The maximum Gasteiger partial charge on any atom is 0.340 e. The molecular weight excluding hydrogens is 358 g/mol. The zero-order valence-corrected chi connectivity index (χ0v) is 14.5. The van der Waals surface area contributed by atoms with Gasteiger partial charge in [-0.2, -0.15) is 5.10 Å². The summed E-state index contributed by atoms with van der Waals surface area (Å²) in [6.45, 7) is 0.875. The largest absolute Gasteiger partial charge is 0.465 e. The monoisotopic (exact) mass is 375 g/mol. The van der Waals surface area contributed by atoms with E-state index in [0.717, 1.165) is 19.2 Å². The second kappa shape index (κ2) is 7.40. The number of piperidine rings is 1. The Balaban J connectivity index is 1.99. The number of non-ortho nitro benzene ring substituents is 1. The van der Waals surface area contributed by atoms with Crippen molar-refractivity contribution >= 4 is 23.0 Å². The third-order valence-corrected chi connectivity index (χ3v) is 4.57. The second-order valence-corrected chi connectivity index (χ2v) is 6.07. The van der Waals surface area contributed by atoms with Crippen molar-refractivity contribution in [2.24, 2.45) is 0 Å². The molecule has 2 aromatic rings. The van der Waals surface area contributed by atoms with Gasteiger partial charge in [0.05, 0.1) is 34.6 Å². The van der Waals surface area contributed by atoms with Crippen LogP contribution in [0.3, 0.4) is 0 Å². The van der Waals surface area contributed by atoms with Crippen molar-refractivity contribution < 1.29 is 19.4 Å². The number of hydrogen-bond donors (Lipinski definition) is 0. The van der Waals surface area contributed by atoms with Crippen LogP contribution >= 0.6 is 0 Å². The van der Waals surface area contributed by atoms with Crippen LogP contribution in [0.2, 0.25) is 0 Å². The molecule has 0 spiro atoms. The maximum atomic E-state index is 12.2. The number of benzene rings is 1. The van der Waals surface area contributed by atoms with Crippen LogP contribution < -0.4 is 4.90 Å². The molecule has 0 unspecified atom stereocenters. The molecule has 0 radical (unpaired) electrons. The lowest BCUT2D eigenvalue weighted by molar-refractivity contribution is -0.393. The van der Waals surface area contributed by atoms with Crippen molar-refractivity contribution in [2.45, 2.75) is 18.9 Å². The first-order valence-corrected chi connectivity index (χ1v) is 8.21. The molecule has 0 amide bonds. The quantitative estimate of drug-likeness (QED) is 0.441. The molecule has 3 rings (SSSR count). The number of carbonyl (C=O) groups is 1. The summed E-state index contributed by atoms with van der Waals surface area (Å²) in [6, 6.07) is 3.87. The Hall–Kier alpha value is -3.50. The van der Waals surface area contributed by atoms with E-state index in [4.69, 9.17) is 4.74 Å². The van der Waals surface area contributed by atoms with Crippen LogP contribution in [0.1, 0.15) is 29.2 Å². The zero-order chi connectivity index (χ0) is 19.6. The summed E-state index contributed by atoms with van der Waals surface area (Å²) >= 11 is 0. The fourth-order valence-corrected chi connectivity index (χ4v) is 3.30. The van der Waals surface area contributed by atoms with Crippen molar-refractivity contribution in [2.75, 3.05) is 25.1 Å². The fourth-order valence-electron chi connectivity index (χ4n) is 3.30. The Kier molecular flexibility index (Phi) is 5.01. The number of nitrogens with zero attached hydrogens (tertiary/aromatic N) is 5. The van der Waals surface area contributed by atoms with E-state index in [1.54, 1.807) is 11.1 Å². The average molecular weight is 375 g/mol. The highest BCUT2D eigenvalue weighted by molar-refractivity contribution is 5.99. The number of hydrogen-bond acceptors (Lipinski definition) is 8. The summed E-state index contributed by atoms with van der Waals surface area (Å²) in [5.41, 5.74) is -1.15. The average Bonchev–Trinajstić information content (AvgIpc) is 3.21. The SMILES string of the molecule is COC(=O)c1cc([N+](=O)[O-])cc([N+](=O)[O-])c1N1CCC(n2cccn2)CC1. The Morgan fingerprint density at radius 1 is 1.22 bits per heavy atom. The number of anilines is 1. The third-order valence-electron chi connectivity index (χ3n) is 4.57. The third kappa shape index (κ3) is 3.57. The molecule has 0 N–H and O–H groups in total. The first-order valence-electron chi connectivity index (χ1n) is 8.21. The lowest BCUT2D eigenvalue weighted by Crippen LogP contribution is -2.36. The molecule has 1 aromatic heterocycles. The van der Waals surface area contributed by atoms with Crippen LogP contribution in [-0.2, 0) is 4.74 Å². The van der Waals surface area contributed by atoms with Crippen molar-refractivity contribution in [3.8, 4) is 0 Å². The summed E-state index contributed by atoms with van der Waals surface area (Å²) < 4.78 is 6.53. The van der Waals surface area contributed by atoms with E-state index in [9.17, 15) is 25.0 Å². The standard InChI is InChI=1S/C16H17N5O6/c1-27-16(22)13-9-12(20(23)24)10-14(21(25)26)15(13)18-7-3-11(4-8-18)19-6-2-5-17-19/h2,5-6,9-11H,3-4,7-8H2,1H3. The van der Waals surface area contributed by atoms with Crippen LogP contribution in [0.5, 0.6) is 0 Å². The van der Waals surface area contributed by atoms with Gasteiger partial charge in [0.25, 0.3) is 11.4 Å². The molecule has 1 saturated heterocycles. The minimum Gasteiger partial charge on any atom is -0.465 e. The van der Waals surface area contributed by atoms with Gasteiger partial charge < -0.3 is 9.64 Å². The van der Waals surface area contributed by atoms with Gasteiger partial charge in [-0.05, 0) is 18.9 Å². The highest BCUT2D eigenvalue weighted by Crippen LogP contribution is 2.39. The van der Waals surface area contributed by atoms with Crippen LogP contribution in [0.4, 0.5) is 17.1 Å². The predicted octanol–water partition coefficient (Wildman–Crippen LogP) is 2.33. The molecule has 27 heavy (non-hydrogen) atoms. The molecule has 0 bridgehead atoms. The molecule has 142 valence electrons. The summed E-state index contributed by atoms with van der Waals surface area (Å²) in [6.07, 6.45) is 4.87. The summed E-state index contributed by atoms with van der Waals surface area (Å²) in [4.78, 5) is 35.0. The van der Waals surface area contributed by atoms with Gasteiger partial charge in [0, 0.05) is 31.5 Å². The Morgan fingerprint density at radius 3 is 2.44 bits per heavy atom. The van der Waals surface area contributed by atoms with Crippen LogP contribution in [0.15, 0.2) is 30.6 Å². The van der Waals surface area contributed by atoms with Gasteiger partial charge in [-0.25, -0.2) is 4.79 Å². The van der Waals surface area contributed by atoms with E-state index in [1.165, 1.54) is 0 Å². The maximum absolute atomic E-state index is 12.2. The minimum absolute atomic E-state index is 0.0522. The fraction of sp³-hybridized carbons (Fsp3) is 0.375. The number of methoxy groups -OCH3 is 1. The van der Waals surface area contributed by atoms with Gasteiger partial charge in [-0.15, -0.1) is 0 Å².